The van der Waals surface area contributed by atoms with Gasteiger partial charge in [0.1, 0.15) is 48.8 Å². The van der Waals surface area contributed by atoms with Crippen LogP contribution in [0.3, 0.4) is 0 Å². The lowest BCUT2D eigenvalue weighted by Crippen LogP contribution is -2.64. The van der Waals surface area contributed by atoms with Crippen LogP contribution >= 0.6 is 0 Å². The van der Waals surface area contributed by atoms with Crippen LogP contribution in [-0.2, 0) is 18.9 Å². The van der Waals surface area contributed by atoms with E-state index in [-0.39, 0.29) is 0 Å². The Morgan fingerprint density at radius 3 is 1.83 bits per heavy atom. The van der Waals surface area contributed by atoms with Gasteiger partial charge in [-0.25, -0.2) is 0 Å². The lowest BCUT2D eigenvalue weighted by molar-refractivity contribution is -0.356. The highest BCUT2D eigenvalue weighted by molar-refractivity contribution is 4.94. The summed E-state index contributed by atoms with van der Waals surface area (Å²) < 4.78 is 20.6. The summed E-state index contributed by atoms with van der Waals surface area (Å²) in [6.45, 7) is -1.18. The maximum atomic E-state index is 10.1. The smallest absolute Gasteiger partial charge is 0.187 e. The van der Waals surface area contributed by atoms with Gasteiger partial charge in [0.15, 0.2) is 12.6 Å². The van der Waals surface area contributed by atoms with Gasteiger partial charge in [-0.15, -0.1) is 0 Å². The molecule has 0 amide bonds. The van der Waals surface area contributed by atoms with Gasteiger partial charge in [-0.3, -0.25) is 0 Å². The second kappa shape index (κ2) is 8.29. The summed E-state index contributed by atoms with van der Waals surface area (Å²) in [7, 11) is 1.27. The molecule has 0 aliphatic carbocycles. The zero-order valence-corrected chi connectivity index (χ0v) is 13.0. The van der Waals surface area contributed by atoms with Crippen molar-refractivity contribution in [3.8, 4) is 0 Å². The Morgan fingerprint density at radius 2 is 1.29 bits per heavy atom. The third kappa shape index (κ3) is 3.71. The summed E-state index contributed by atoms with van der Waals surface area (Å²) in [5.74, 6) is 0. The van der Waals surface area contributed by atoms with Crippen molar-refractivity contribution in [2.75, 3.05) is 20.3 Å². The van der Waals surface area contributed by atoms with E-state index in [0.29, 0.717) is 0 Å². The van der Waals surface area contributed by atoms with Gasteiger partial charge in [-0.05, 0) is 0 Å². The lowest BCUT2D eigenvalue weighted by atomic mass is 9.97. The van der Waals surface area contributed by atoms with E-state index in [0.717, 1.165) is 0 Å². The van der Waals surface area contributed by atoms with Crippen molar-refractivity contribution in [3.05, 3.63) is 0 Å². The van der Waals surface area contributed by atoms with Crippen molar-refractivity contribution in [2.24, 2.45) is 0 Å². The summed E-state index contributed by atoms with van der Waals surface area (Å²) in [6.07, 6.45) is -14.2. The molecule has 0 radical (unpaired) electrons. The third-order valence-electron chi connectivity index (χ3n) is 4.22. The van der Waals surface area contributed by atoms with Crippen molar-refractivity contribution in [1.82, 2.24) is 0 Å². The molecule has 0 aromatic rings. The second-order valence-electron chi connectivity index (χ2n) is 5.74. The van der Waals surface area contributed by atoms with Gasteiger partial charge in [0, 0.05) is 7.11 Å². The van der Waals surface area contributed by atoms with Crippen LogP contribution in [0.4, 0.5) is 0 Å². The Balaban J connectivity index is 2.12. The summed E-state index contributed by atoms with van der Waals surface area (Å²) in [5.41, 5.74) is 0. The van der Waals surface area contributed by atoms with E-state index in [1.807, 2.05) is 0 Å². The largest absolute Gasteiger partial charge is 0.394 e. The first kappa shape index (κ1) is 19.9. The summed E-state index contributed by atoms with van der Waals surface area (Å²) >= 11 is 0. The molecule has 11 heteroatoms. The maximum Gasteiger partial charge on any atom is 0.187 e. The molecule has 10 atom stereocenters. The van der Waals surface area contributed by atoms with Crippen molar-refractivity contribution >= 4 is 0 Å². The number of aliphatic hydroxyl groups is 7. The van der Waals surface area contributed by atoms with Crippen LogP contribution in [0, 0.1) is 0 Å². The molecular formula is C13H24O11. The molecule has 2 aliphatic heterocycles. The van der Waals surface area contributed by atoms with E-state index >= 15 is 0 Å². The number of rotatable bonds is 5. The summed E-state index contributed by atoms with van der Waals surface area (Å²) in [6, 6.07) is 0. The van der Waals surface area contributed by atoms with E-state index in [9.17, 15) is 35.7 Å². The highest BCUT2D eigenvalue weighted by atomic mass is 16.7. The summed E-state index contributed by atoms with van der Waals surface area (Å²) in [5, 5.41) is 67.8. The first-order valence-electron chi connectivity index (χ1n) is 7.46. The minimum absolute atomic E-state index is 0.531. The Morgan fingerprint density at radius 1 is 0.750 bits per heavy atom. The average Bonchev–Trinajstić information content (AvgIpc) is 2.58. The molecule has 11 nitrogen and oxygen atoms in total. The van der Waals surface area contributed by atoms with E-state index < -0.39 is 74.6 Å². The van der Waals surface area contributed by atoms with E-state index in [4.69, 9.17) is 18.9 Å². The van der Waals surface area contributed by atoms with Gasteiger partial charge in [0.25, 0.3) is 0 Å². The first-order valence-corrected chi connectivity index (χ1v) is 7.46. The van der Waals surface area contributed by atoms with Crippen LogP contribution in [0.2, 0.25) is 0 Å². The van der Waals surface area contributed by atoms with Gasteiger partial charge in [0.05, 0.1) is 13.2 Å². The molecule has 0 aromatic carbocycles. The van der Waals surface area contributed by atoms with E-state index in [1.54, 1.807) is 0 Å². The monoisotopic (exact) mass is 356 g/mol. The molecule has 7 N–H and O–H groups in total. The lowest BCUT2D eigenvalue weighted by Gasteiger charge is -2.45. The minimum atomic E-state index is -1.72. The Bertz CT molecular complexity index is 392. The predicted molar refractivity (Wildman–Crippen MR) is 73.4 cm³/mol. The van der Waals surface area contributed by atoms with Crippen LogP contribution in [0.5, 0.6) is 0 Å². The highest BCUT2D eigenvalue weighted by Crippen LogP contribution is 2.29. The Labute approximate surface area is 137 Å². The van der Waals surface area contributed by atoms with E-state index in [1.165, 1.54) is 7.11 Å². The van der Waals surface area contributed by atoms with Crippen molar-refractivity contribution in [1.29, 1.82) is 0 Å². The molecule has 0 saturated carbocycles. The van der Waals surface area contributed by atoms with Crippen LogP contribution in [0.15, 0.2) is 0 Å². The Kier molecular flexibility index (Phi) is 6.87. The molecule has 2 saturated heterocycles. The van der Waals surface area contributed by atoms with Crippen molar-refractivity contribution in [3.63, 3.8) is 0 Å². The molecular weight excluding hydrogens is 332 g/mol. The molecule has 4 unspecified atom stereocenters. The normalized spacial score (nSPS) is 50.0. The zero-order chi connectivity index (χ0) is 18.0. The molecule has 2 rings (SSSR count). The van der Waals surface area contributed by atoms with Crippen molar-refractivity contribution in [2.45, 2.75) is 61.4 Å². The Hall–Kier alpha value is -0.440. The van der Waals surface area contributed by atoms with Crippen LogP contribution in [0.1, 0.15) is 0 Å². The van der Waals surface area contributed by atoms with Crippen LogP contribution < -0.4 is 0 Å². The third-order valence-corrected chi connectivity index (χ3v) is 4.22. The van der Waals surface area contributed by atoms with Crippen LogP contribution in [0.25, 0.3) is 0 Å². The fourth-order valence-electron chi connectivity index (χ4n) is 2.85. The molecule has 142 valence electrons. The van der Waals surface area contributed by atoms with Crippen LogP contribution in [-0.4, -0.2) is 117 Å². The number of aliphatic hydroxyl groups excluding tert-OH is 7. The fourth-order valence-corrected chi connectivity index (χ4v) is 2.85. The SMILES string of the molecule is CO[C@@H]1C(CO)O[C@@H](O[C@H]2C(O)C(O)[C@H](O)O[C@H]2CO)[C@@H](O)C1O. The van der Waals surface area contributed by atoms with Gasteiger partial charge in [-0.1, -0.05) is 0 Å². The van der Waals surface area contributed by atoms with Gasteiger partial charge in [-0.2, -0.15) is 0 Å². The predicted octanol–water partition coefficient (Wildman–Crippen LogP) is -4.74. The quantitative estimate of drug-likeness (QED) is 0.251. The number of hydrogen-bond donors (Lipinski definition) is 7. The summed E-state index contributed by atoms with van der Waals surface area (Å²) in [4.78, 5) is 0. The zero-order valence-electron chi connectivity index (χ0n) is 13.0. The van der Waals surface area contributed by atoms with Gasteiger partial charge >= 0.3 is 0 Å². The molecule has 2 heterocycles. The number of hydrogen-bond acceptors (Lipinski definition) is 11. The standard InChI is InChI=1S/C13H24O11/c1-21-10-4(2-14)23-13(9(19)7(10)17)24-11-5(3-15)22-12(20)8(18)6(11)16/h4-20H,2-3H2,1H3/t4?,5-,6?,7?,8?,9-,10+,11+,12+,13-/m0/s1. The molecule has 24 heavy (non-hydrogen) atoms. The average molecular weight is 356 g/mol. The maximum absolute atomic E-state index is 10.1. The molecule has 0 aromatic heterocycles. The first-order chi connectivity index (χ1) is 11.3. The number of methoxy groups -OCH3 is 1. The van der Waals surface area contributed by atoms with Gasteiger partial charge < -0.3 is 54.7 Å². The highest BCUT2D eigenvalue weighted by Gasteiger charge is 2.50. The second-order valence-corrected chi connectivity index (χ2v) is 5.74. The van der Waals surface area contributed by atoms with Gasteiger partial charge in [0.2, 0.25) is 0 Å². The topological polar surface area (TPSA) is 179 Å². The molecule has 0 bridgehead atoms. The molecule has 2 fully saturated rings. The minimum Gasteiger partial charge on any atom is -0.394 e. The molecule has 0 spiro atoms. The fraction of sp³-hybridized carbons (Fsp3) is 1.00. The number of ether oxygens (including phenoxy) is 4. The molecule has 2 aliphatic rings. The van der Waals surface area contributed by atoms with Crippen molar-refractivity contribution < 1.29 is 54.7 Å². The van der Waals surface area contributed by atoms with E-state index in [2.05, 4.69) is 0 Å².